The summed E-state index contributed by atoms with van der Waals surface area (Å²) >= 11 is 0. The number of guanidine groups is 1. The molecule has 172 valence electrons. The number of carbonyl (C=O) groups is 2. The van der Waals surface area contributed by atoms with Crippen molar-refractivity contribution < 1.29 is 9.59 Å². The van der Waals surface area contributed by atoms with Crippen molar-refractivity contribution in [3.63, 3.8) is 0 Å². The lowest BCUT2D eigenvalue weighted by molar-refractivity contribution is -0.128. The zero-order chi connectivity index (χ0) is 21.2. The molecule has 0 radical (unpaired) electrons. The predicted octanol–water partition coefficient (Wildman–Crippen LogP) is 3.50. The third kappa shape index (κ3) is 8.31. The first-order valence-corrected chi connectivity index (χ1v) is 11.4. The van der Waals surface area contributed by atoms with Crippen molar-refractivity contribution in [2.45, 2.75) is 58.4 Å². The minimum absolute atomic E-state index is 0. The van der Waals surface area contributed by atoms with Crippen molar-refractivity contribution >= 4 is 47.4 Å². The number of rotatable bonds is 7. The lowest BCUT2D eigenvalue weighted by Crippen LogP contribution is -2.44. The number of nitrogens with one attached hydrogen (secondary N) is 3. The van der Waals surface area contributed by atoms with E-state index in [0.717, 1.165) is 69.4 Å². The van der Waals surface area contributed by atoms with Crippen LogP contribution in [0, 0.1) is 5.92 Å². The summed E-state index contributed by atoms with van der Waals surface area (Å²) in [6.45, 7) is 5.16. The number of amides is 2. The highest BCUT2D eigenvalue weighted by molar-refractivity contribution is 14.0. The van der Waals surface area contributed by atoms with Gasteiger partial charge >= 0.3 is 0 Å². The molecule has 2 fully saturated rings. The fourth-order valence-corrected chi connectivity index (χ4v) is 4.11. The van der Waals surface area contributed by atoms with Crippen LogP contribution in [0.3, 0.4) is 0 Å². The molecule has 1 aromatic carbocycles. The van der Waals surface area contributed by atoms with E-state index in [2.05, 4.69) is 20.9 Å². The summed E-state index contributed by atoms with van der Waals surface area (Å²) in [7, 11) is 0. The molecule has 0 atom stereocenters. The monoisotopic (exact) mass is 541 g/mol. The van der Waals surface area contributed by atoms with Crippen LogP contribution in [-0.4, -0.2) is 48.9 Å². The number of nitrogens with zero attached hydrogens (tertiary/aromatic N) is 2. The molecule has 3 rings (SSSR count). The van der Waals surface area contributed by atoms with E-state index in [0.29, 0.717) is 12.5 Å². The molecule has 1 saturated heterocycles. The maximum atomic E-state index is 12.5. The zero-order valence-electron chi connectivity index (χ0n) is 18.5. The fraction of sp³-hybridized carbons (Fsp3) is 0.609. The lowest BCUT2D eigenvalue weighted by atomic mass is 9.88. The Hall–Kier alpha value is -1.84. The quantitative estimate of drug-likeness (QED) is 0.280. The largest absolute Gasteiger partial charge is 0.357 e. The normalized spacial score (nSPS) is 17.1. The standard InChI is InChI=1S/C23H35N5O2.HI/c1-2-24-23(26-17-21(29)28-13-6-7-14-28)25-16-18-9-8-12-20(15-18)27-22(30)19-10-4-3-5-11-19;/h8-9,12,15,19H,2-7,10-11,13-14,16-17H2,1H3,(H,27,30)(H2,24,25,26);1H. The first-order chi connectivity index (χ1) is 14.7. The Morgan fingerprint density at radius 2 is 1.81 bits per heavy atom. The average molecular weight is 541 g/mol. The van der Waals surface area contributed by atoms with E-state index in [1.165, 1.54) is 6.42 Å². The molecule has 1 aliphatic carbocycles. The van der Waals surface area contributed by atoms with Crippen LogP contribution in [0.15, 0.2) is 29.3 Å². The first kappa shape index (κ1) is 25.4. The summed E-state index contributed by atoms with van der Waals surface area (Å²) < 4.78 is 0. The van der Waals surface area contributed by atoms with Crippen LogP contribution in [0.4, 0.5) is 5.69 Å². The Labute approximate surface area is 202 Å². The number of hydrogen-bond acceptors (Lipinski definition) is 3. The Kier molecular flexibility index (Phi) is 11.1. The minimum Gasteiger partial charge on any atom is -0.357 e. The van der Waals surface area contributed by atoms with Gasteiger partial charge < -0.3 is 20.9 Å². The van der Waals surface area contributed by atoms with Crippen LogP contribution >= 0.6 is 24.0 Å². The van der Waals surface area contributed by atoms with Gasteiger partial charge in [-0.2, -0.15) is 0 Å². The number of hydrogen-bond donors (Lipinski definition) is 3. The van der Waals surface area contributed by atoms with Crippen LogP contribution in [0.5, 0.6) is 0 Å². The van der Waals surface area contributed by atoms with E-state index in [4.69, 9.17) is 0 Å². The van der Waals surface area contributed by atoms with Gasteiger partial charge in [-0.3, -0.25) is 9.59 Å². The van der Waals surface area contributed by atoms with Crippen molar-refractivity contribution in [2.24, 2.45) is 10.9 Å². The second-order valence-electron chi connectivity index (χ2n) is 8.16. The van der Waals surface area contributed by atoms with Gasteiger partial charge in [0.05, 0.1) is 13.1 Å². The SMILES string of the molecule is CCNC(=NCc1cccc(NC(=O)C2CCCCC2)c1)NCC(=O)N1CCCC1.I. The van der Waals surface area contributed by atoms with E-state index in [1.807, 2.05) is 36.1 Å². The van der Waals surface area contributed by atoms with Gasteiger partial charge in [0, 0.05) is 31.2 Å². The van der Waals surface area contributed by atoms with Crippen LogP contribution < -0.4 is 16.0 Å². The van der Waals surface area contributed by atoms with E-state index >= 15 is 0 Å². The van der Waals surface area contributed by atoms with Gasteiger partial charge in [0.15, 0.2) is 5.96 Å². The molecule has 0 spiro atoms. The molecule has 0 bridgehead atoms. The molecule has 1 aliphatic heterocycles. The Morgan fingerprint density at radius 1 is 1.06 bits per heavy atom. The maximum Gasteiger partial charge on any atom is 0.241 e. The van der Waals surface area contributed by atoms with Crippen molar-refractivity contribution in [1.29, 1.82) is 0 Å². The van der Waals surface area contributed by atoms with E-state index in [-0.39, 0.29) is 48.3 Å². The third-order valence-electron chi connectivity index (χ3n) is 5.80. The molecule has 3 N–H and O–H groups in total. The summed E-state index contributed by atoms with van der Waals surface area (Å²) in [6, 6.07) is 7.84. The first-order valence-electron chi connectivity index (χ1n) is 11.4. The highest BCUT2D eigenvalue weighted by Gasteiger charge is 2.21. The van der Waals surface area contributed by atoms with Crippen LogP contribution in [0.1, 0.15) is 57.4 Å². The number of benzene rings is 1. The Balaban J connectivity index is 0.00000341. The van der Waals surface area contributed by atoms with Crippen LogP contribution in [0.2, 0.25) is 0 Å². The Morgan fingerprint density at radius 3 is 2.52 bits per heavy atom. The number of anilines is 1. The van der Waals surface area contributed by atoms with Gasteiger partial charge in [-0.1, -0.05) is 31.4 Å². The molecular formula is C23H36IN5O2. The van der Waals surface area contributed by atoms with Gasteiger partial charge in [0.1, 0.15) is 0 Å². The molecule has 7 nitrogen and oxygen atoms in total. The summed E-state index contributed by atoms with van der Waals surface area (Å²) in [5.74, 6) is 1.01. The maximum absolute atomic E-state index is 12.5. The molecular weight excluding hydrogens is 505 g/mol. The molecule has 0 aromatic heterocycles. The third-order valence-corrected chi connectivity index (χ3v) is 5.80. The van der Waals surface area contributed by atoms with Gasteiger partial charge in [0.2, 0.25) is 11.8 Å². The number of carbonyl (C=O) groups excluding carboxylic acids is 2. The summed E-state index contributed by atoms with van der Waals surface area (Å²) in [5.41, 5.74) is 1.83. The van der Waals surface area contributed by atoms with E-state index in [9.17, 15) is 9.59 Å². The van der Waals surface area contributed by atoms with Crippen LogP contribution in [-0.2, 0) is 16.1 Å². The molecule has 2 amide bonds. The van der Waals surface area contributed by atoms with Gasteiger partial charge in [0.25, 0.3) is 0 Å². The van der Waals surface area contributed by atoms with E-state index < -0.39 is 0 Å². The second kappa shape index (κ2) is 13.5. The smallest absolute Gasteiger partial charge is 0.241 e. The van der Waals surface area contributed by atoms with Gasteiger partial charge in [-0.25, -0.2) is 4.99 Å². The molecule has 1 heterocycles. The van der Waals surface area contributed by atoms with Crippen molar-refractivity contribution in [3.05, 3.63) is 29.8 Å². The Bertz CT molecular complexity index is 743. The minimum atomic E-state index is 0. The van der Waals surface area contributed by atoms with Crippen molar-refractivity contribution in [1.82, 2.24) is 15.5 Å². The van der Waals surface area contributed by atoms with E-state index in [1.54, 1.807) is 0 Å². The lowest BCUT2D eigenvalue weighted by Gasteiger charge is -2.20. The highest BCUT2D eigenvalue weighted by Crippen LogP contribution is 2.25. The number of likely N-dealkylation sites (tertiary alicyclic amines) is 1. The van der Waals surface area contributed by atoms with Gasteiger partial charge in [-0.05, 0) is 50.3 Å². The average Bonchev–Trinajstić information content (AvgIpc) is 3.31. The highest BCUT2D eigenvalue weighted by atomic mass is 127. The number of aliphatic imine (C=N–C) groups is 1. The molecule has 2 aliphatic rings. The summed E-state index contributed by atoms with van der Waals surface area (Å²) in [6.07, 6.45) is 7.69. The topological polar surface area (TPSA) is 85.8 Å². The molecule has 1 aromatic rings. The second-order valence-corrected chi connectivity index (χ2v) is 8.16. The molecule has 8 heteroatoms. The summed E-state index contributed by atoms with van der Waals surface area (Å²) in [4.78, 5) is 31.2. The van der Waals surface area contributed by atoms with Gasteiger partial charge in [-0.15, -0.1) is 24.0 Å². The molecule has 1 saturated carbocycles. The number of halogens is 1. The fourth-order valence-electron chi connectivity index (χ4n) is 4.11. The molecule has 31 heavy (non-hydrogen) atoms. The van der Waals surface area contributed by atoms with Crippen molar-refractivity contribution in [3.8, 4) is 0 Å². The molecule has 0 unspecified atom stereocenters. The summed E-state index contributed by atoms with van der Waals surface area (Å²) in [5, 5.41) is 9.39. The predicted molar refractivity (Wildman–Crippen MR) is 136 cm³/mol. The van der Waals surface area contributed by atoms with Crippen LogP contribution in [0.25, 0.3) is 0 Å². The zero-order valence-corrected chi connectivity index (χ0v) is 20.8. The van der Waals surface area contributed by atoms with Crippen molar-refractivity contribution in [2.75, 3.05) is 31.5 Å².